The number of benzene rings is 1. The number of anilines is 1. The molecular weight excluding hydrogens is 636 g/mol. The molecule has 2 atom stereocenters. The number of imide groups is 1. The van der Waals surface area contributed by atoms with E-state index in [0.717, 1.165) is 4.90 Å². The summed E-state index contributed by atoms with van der Waals surface area (Å²) in [6, 6.07) is 4.07. The van der Waals surface area contributed by atoms with E-state index < -0.39 is 36.0 Å². The van der Waals surface area contributed by atoms with Crippen LogP contribution in [0.3, 0.4) is 0 Å². The summed E-state index contributed by atoms with van der Waals surface area (Å²) in [6.45, 7) is 5.17. The summed E-state index contributed by atoms with van der Waals surface area (Å²) in [5.74, 6) is -2.37. The topological polar surface area (TPSA) is 221 Å². The molecular formula is C33H50N8O8. The number of carbonyl (C=O) groups excluding carboxylic acids is 7. The van der Waals surface area contributed by atoms with E-state index >= 15 is 0 Å². The lowest BCUT2D eigenvalue weighted by atomic mass is 10.0. The Labute approximate surface area is 286 Å². The lowest BCUT2D eigenvalue weighted by Gasteiger charge is -2.25. The van der Waals surface area contributed by atoms with E-state index in [9.17, 15) is 33.6 Å². The molecule has 8 amide bonds. The quantitative estimate of drug-likeness (QED) is 0.0800. The summed E-state index contributed by atoms with van der Waals surface area (Å²) in [5.41, 5.74) is 6.30. The molecule has 1 heterocycles. The number of carbonyl (C=O) groups is 7. The number of primary amides is 1. The first kappa shape index (κ1) is 40.2. The van der Waals surface area contributed by atoms with Crippen molar-refractivity contribution in [1.29, 1.82) is 0 Å². The van der Waals surface area contributed by atoms with Crippen molar-refractivity contribution in [3.63, 3.8) is 0 Å². The fourth-order valence-corrected chi connectivity index (χ4v) is 4.75. The van der Waals surface area contributed by atoms with Crippen LogP contribution in [0.5, 0.6) is 0 Å². The molecule has 1 aromatic rings. The first-order chi connectivity index (χ1) is 23.3. The minimum atomic E-state index is -1.00. The Balaban J connectivity index is 1.94. The fraction of sp³-hybridized carbons (Fsp3) is 0.545. The molecule has 16 heteroatoms. The summed E-state index contributed by atoms with van der Waals surface area (Å²) in [4.78, 5) is 88.6. The monoisotopic (exact) mass is 686 g/mol. The molecule has 2 rings (SSSR count). The van der Waals surface area contributed by atoms with Crippen LogP contribution in [0.4, 0.5) is 15.3 Å². The molecule has 0 radical (unpaired) electrons. The minimum Gasteiger partial charge on any atom is -0.445 e. The van der Waals surface area contributed by atoms with Gasteiger partial charge in [-0.05, 0) is 56.3 Å². The zero-order chi connectivity index (χ0) is 36.3. The molecule has 16 nitrogen and oxygen atoms in total. The Bertz CT molecular complexity index is 1320. The van der Waals surface area contributed by atoms with Crippen LogP contribution in [0.25, 0.3) is 0 Å². The average molecular weight is 687 g/mol. The van der Waals surface area contributed by atoms with Gasteiger partial charge in [0.2, 0.25) is 17.7 Å². The van der Waals surface area contributed by atoms with Crippen molar-refractivity contribution < 1.29 is 38.3 Å². The summed E-state index contributed by atoms with van der Waals surface area (Å²) in [6.07, 6.45) is 4.28. The molecule has 1 unspecified atom stereocenters. The van der Waals surface area contributed by atoms with Gasteiger partial charge in [-0.1, -0.05) is 32.4 Å². The number of nitrogens with zero attached hydrogens (tertiary/aromatic N) is 2. The van der Waals surface area contributed by atoms with Crippen molar-refractivity contribution in [2.75, 3.05) is 45.6 Å². The lowest BCUT2D eigenvalue weighted by Crippen LogP contribution is -2.54. The second-order valence-corrected chi connectivity index (χ2v) is 12.0. The molecule has 270 valence electrons. The maximum absolute atomic E-state index is 13.4. The van der Waals surface area contributed by atoms with Crippen LogP contribution in [0.15, 0.2) is 36.4 Å². The van der Waals surface area contributed by atoms with E-state index in [1.807, 2.05) is 0 Å². The van der Waals surface area contributed by atoms with Crippen molar-refractivity contribution >= 4 is 47.3 Å². The van der Waals surface area contributed by atoms with Crippen LogP contribution in [0.2, 0.25) is 0 Å². The van der Waals surface area contributed by atoms with Gasteiger partial charge >= 0.3 is 12.1 Å². The number of unbranched alkanes of at least 4 members (excludes halogenated alkanes) is 2. The van der Waals surface area contributed by atoms with Crippen LogP contribution in [-0.2, 0) is 35.3 Å². The standard InChI is InChI=1S/C33H50N8O8/c1-22(2)29(39-26(42)10-6-5-7-19-41-27(43)15-16-28(41)44)31(46)38-25(9-8-17-36-32(34)47)30(45)37-24-13-11-23(12-14-24)21-49-33(48)40(4)20-18-35-3/h11-16,22,25,29,35H,5-10,17-21H2,1-4H3,(H,37,45)(H,38,46)(H,39,42)(H3,34,36,47)/t25?,29-/m0/s1. The molecule has 1 aromatic carbocycles. The normalized spacial score (nSPS) is 13.5. The molecule has 49 heavy (non-hydrogen) atoms. The first-order valence-corrected chi connectivity index (χ1v) is 16.4. The zero-order valence-corrected chi connectivity index (χ0v) is 28.7. The highest BCUT2D eigenvalue weighted by Crippen LogP contribution is 2.14. The summed E-state index contributed by atoms with van der Waals surface area (Å²) in [5, 5.41) is 13.7. The van der Waals surface area contributed by atoms with Crippen molar-refractivity contribution in [1.82, 2.24) is 31.1 Å². The van der Waals surface area contributed by atoms with E-state index in [2.05, 4.69) is 26.6 Å². The molecule has 0 fully saturated rings. The predicted octanol–water partition coefficient (Wildman–Crippen LogP) is 0.972. The highest BCUT2D eigenvalue weighted by molar-refractivity contribution is 6.12. The second-order valence-electron chi connectivity index (χ2n) is 12.0. The summed E-state index contributed by atoms with van der Waals surface area (Å²) in [7, 11) is 3.43. The number of hydrogen-bond donors (Lipinski definition) is 6. The maximum atomic E-state index is 13.4. The van der Waals surface area contributed by atoms with E-state index in [-0.39, 0.29) is 56.2 Å². The summed E-state index contributed by atoms with van der Waals surface area (Å²) >= 11 is 0. The predicted molar refractivity (Wildman–Crippen MR) is 182 cm³/mol. The lowest BCUT2D eigenvalue weighted by molar-refractivity contribution is -0.137. The van der Waals surface area contributed by atoms with E-state index in [0.29, 0.717) is 50.0 Å². The fourth-order valence-electron chi connectivity index (χ4n) is 4.75. The number of amides is 8. The van der Waals surface area contributed by atoms with Gasteiger partial charge in [-0.25, -0.2) is 9.59 Å². The van der Waals surface area contributed by atoms with Crippen molar-refractivity contribution in [2.45, 2.75) is 71.1 Å². The third kappa shape index (κ3) is 14.8. The van der Waals surface area contributed by atoms with Crippen LogP contribution in [-0.4, -0.2) is 104 Å². The second kappa shape index (κ2) is 21.1. The summed E-state index contributed by atoms with van der Waals surface area (Å²) < 4.78 is 5.32. The largest absolute Gasteiger partial charge is 0.445 e. The number of likely N-dealkylation sites (N-methyl/N-ethyl adjacent to an activating group) is 2. The van der Waals surface area contributed by atoms with Gasteiger partial charge in [-0.3, -0.25) is 28.9 Å². The third-order valence-electron chi connectivity index (χ3n) is 7.65. The Hall–Kier alpha value is -4.99. The molecule has 0 aliphatic carbocycles. The number of nitrogens with one attached hydrogen (secondary N) is 5. The van der Waals surface area contributed by atoms with Gasteiger partial charge in [0.25, 0.3) is 11.8 Å². The van der Waals surface area contributed by atoms with Gasteiger partial charge in [0.05, 0.1) is 0 Å². The Morgan fingerprint density at radius 3 is 2.18 bits per heavy atom. The molecule has 1 aliphatic heterocycles. The SMILES string of the molecule is CNCCN(C)C(=O)OCc1ccc(NC(=O)C(CCCNC(N)=O)NC(=O)[C@@H](NC(=O)CCCCCN2C(=O)C=CC2=O)C(C)C)cc1. The molecule has 0 aromatic heterocycles. The van der Waals surface area contributed by atoms with Gasteiger partial charge in [-0.15, -0.1) is 0 Å². The molecule has 0 saturated heterocycles. The van der Waals surface area contributed by atoms with Gasteiger partial charge in [0, 0.05) is 57.5 Å². The molecule has 7 N–H and O–H groups in total. The molecule has 1 aliphatic rings. The van der Waals surface area contributed by atoms with Gasteiger partial charge < -0.3 is 42.0 Å². The van der Waals surface area contributed by atoms with E-state index in [1.54, 1.807) is 52.2 Å². The zero-order valence-electron chi connectivity index (χ0n) is 28.7. The highest BCUT2D eigenvalue weighted by Gasteiger charge is 2.29. The van der Waals surface area contributed by atoms with Gasteiger partial charge in [0.1, 0.15) is 18.7 Å². The van der Waals surface area contributed by atoms with Crippen LogP contribution in [0, 0.1) is 5.92 Å². The molecule has 0 bridgehead atoms. The third-order valence-corrected chi connectivity index (χ3v) is 7.65. The van der Waals surface area contributed by atoms with Crippen LogP contribution in [0.1, 0.15) is 57.9 Å². The average Bonchev–Trinajstić information content (AvgIpc) is 3.38. The highest BCUT2D eigenvalue weighted by atomic mass is 16.6. The maximum Gasteiger partial charge on any atom is 0.409 e. The first-order valence-electron chi connectivity index (χ1n) is 16.4. The van der Waals surface area contributed by atoms with Crippen molar-refractivity contribution in [2.24, 2.45) is 11.7 Å². The molecule has 0 spiro atoms. The number of rotatable bonds is 21. The van der Waals surface area contributed by atoms with Crippen LogP contribution < -0.4 is 32.3 Å². The number of urea groups is 1. The number of nitrogens with two attached hydrogens (primary N) is 1. The van der Waals surface area contributed by atoms with E-state index in [1.165, 1.54) is 17.1 Å². The number of ether oxygens (including phenoxy) is 1. The Morgan fingerprint density at radius 1 is 0.898 bits per heavy atom. The van der Waals surface area contributed by atoms with Gasteiger partial charge in [0.15, 0.2) is 0 Å². The Morgan fingerprint density at radius 2 is 1.57 bits per heavy atom. The number of hydrogen-bond acceptors (Lipinski definition) is 9. The van der Waals surface area contributed by atoms with Crippen molar-refractivity contribution in [3.8, 4) is 0 Å². The smallest absolute Gasteiger partial charge is 0.409 e. The van der Waals surface area contributed by atoms with Crippen LogP contribution >= 0.6 is 0 Å². The van der Waals surface area contributed by atoms with E-state index in [4.69, 9.17) is 10.5 Å². The minimum absolute atomic E-state index is 0.0448. The van der Waals surface area contributed by atoms with Crippen molar-refractivity contribution in [3.05, 3.63) is 42.0 Å². The van der Waals surface area contributed by atoms with Gasteiger partial charge in [-0.2, -0.15) is 0 Å². The molecule has 0 saturated carbocycles. The Kier molecular flexibility index (Phi) is 17.3.